The minimum atomic E-state index is -0.383. The minimum absolute atomic E-state index is 0.128. The zero-order valence-electron chi connectivity index (χ0n) is 11.3. The van der Waals surface area contributed by atoms with E-state index in [1.807, 2.05) is 0 Å². The first-order chi connectivity index (χ1) is 8.50. The Hall–Kier alpha value is -1.62. The molecule has 0 saturated carbocycles. The van der Waals surface area contributed by atoms with Crippen LogP contribution in [0.3, 0.4) is 0 Å². The lowest BCUT2D eigenvalue weighted by Gasteiger charge is -2.32. The SMILES string of the molecule is CC[N+](C)(CC)CCNc1ccc([N+](=O)[O-])cc1. The third kappa shape index (κ3) is 4.00. The molecule has 5 nitrogen and oxygen atoms in total. The molecule has 0 heterocycles. The van der Waals surface area contributed by atoms with Crippen molar-refractivity contribution in [2.75, 3.05) is 38.5 Å². The third-order valence-electron chi connectivity index (χ3n) is 3.59. The summed E-state index contributed by atoms with van der Waals surface area (Å²) in [5.74, 6) is 0. The highest BCUT2D eigenvalue weighted by Gasteiger charge is 2.15. The van der Waals surface area contributed by atoms with Gasteiger partial charge in [-0.2, -0.15) is 0 Å². The third-order valence-corrected chi connectivity index (χ3v) is 3.59. The Kier molecular flexibility index (Phi) is 5.09. The van der Waals surface area contributed by atoms with E-state index in [0.29, 0.717) is 0 Å². The predicted octanol–water partition coefficient (Wildman–Crippen LogP) is 2.49. The van der Waals surface area contributed by atoms with Crippen LogP contribution in [0.5, 0.6) is 0 Å². The van der Waals surface area contributed by atoms with Crippen LogP contribution in [0, 0.1) is 10.1 Å². The van der Waals surface area contributed by atoms with E-state index in [-0.39, 0.29) is 10.6 Å². The number of nitrogens with zero attached hydrogens (tertiary/aromatic N) is 2. The summed E-state index contributed by atoms with van der Waals surface area (Å²) in [4.78, 5) is 10.1. The molecule has 0 saturated heterocycles. The molecule has 5 heteroatoms. The van der Waals surface area contributed by atoms with E-state index >= 15 is 0 Å². The van der Waals surface area contributed by atoms with Crippen molar-refractivity contribution in [1.82, 2.24) is 0 Å². The number of quaternary nitrogens is 1. The predicted molar refractivity (Wildman–Crippen MR) is 73.7 cm³/mol. The fraction of sp³-hybridized carbons (Fsp3) is 0.538. The topological polar surface area (TPSA) is 55.2 Å². The second-order valence-electron chi connectivity index (χ2n) is 4.71. The summed E-state index contributed by atoms with van der Waals surface area (Å²) in [6.45, 7) is 8.52. The van der Waals surface area contributed by atoms with E-state index in [1.165, 1.54) is 12.1 Å². The Morgan fingerprint density at radius 2 is 1.78 bits per heavy atom. The summed E-state index contributed by atoms with van der Waals surface area (Å²) in [5, 5.41) is 13.8. The average Bonchev–Trinajstić information content (AvgIpc) is 2.39. The lowest BCUT2D eigenvalue weighted by Crippen LogP contribution is -2.46. The van der Waals surface area contributed by atoms with Crippen molar-refractivity contribution in [1.29, 1.82) is 0 Å². The van der Waals surface area contributed by atoms with Crippen LogP contribution in [0.15, 0.2) is 24.3 Å². The van der Waals surface area contributed by atoms with Crippen molar-refractivity contribution in [2.45, 2.75) is 13.8 Å². The molecule has 0 radical (unpaired) electrons. The molecule has 100 valence electrons. The van der Waals surface area contributed by atoms with E-state index in [9.17, 15) is 10.1 Å². The van der Waals surface area contributed by atoms with Crippen molar-refractivity contribution in [3.63, 3.8) is 0 Å². The molecule has 0 aliphatic heterocycles. The van der Waals surface area contributed by atoms with Gasteiger partial charge in [-0.05, 0) is 26.0 Å². The van der Waals surface area contributed by atoms with Crippen LogP contribution >= 0.6 is 0 Å². The van der Waals surface area contributed by atoms with Gasteiger partial charge in [-0.1, -0.05) is 0 Å². The van der Waals surface area contributed by atoms with E-state index < -0.39 is 0 Å². The number of hydrogen-bond acceptors (Lipinski definition) is 3. The largest absolute Gasteiger partial charge is 0.379 e. The molecule has 0 unspecified atom stereocenters. The van der Waals surface area contributed by atoms with Gasteiger partial charge < -0.3 is 9.80 Å². The van der Waals surface area contributed by atoms with E-state index in [0.717, 1.165) is 36.3 Å². The van der Waals surface area contributed by atoms with Crippen LogP contribution in [0.25, 0.3) is 0 Å². The Balaban J connectivity index is 2.47. The normalized spacial score (nSPS) is 11.3. The van der Waals surface area contributed by atoms with Crippen molar-refractivity contribution in [3.8, 4) is 0 Å². The number of non-ortho nitro benzene ring substituents is 1. The maximum absolute atomic E-state index is 10.5. The summed E-state index contributed by atoms with van der Waals surface area (Å²) in [6.07, 6.45) is 0. The average molecular weight is 252 g/mol. The molecule has 1 rings (SSSR count). The summed E-state index contributed by atoms with van der Waals surface area (Å²) >= 11 is 0. The van der Waals surface area contributed by atoms with Gasteiger partial charge in [-0.15, -0.1) is 0 Å². The molecule has 0 atom stereocenters. The highest BCUT2D eigenvalue weighted by atomic mass is 16.6. The number of rotatable bonds is 7. The van der Waals surface area contributed by atoms with Crippen LogP contribution in [-0.4, -0.2) is 42.6 Å². The van der Waals surface area contributed by atoms with Crippen LogP contribution in [0.4, 0.5) is 11.4 Å². The molecule has 0 amide bonds. The van der Waals surface area contributed by atoms with Gasteiger partial charge in [0.25, 0.3) is 5.69 Å². The Morgan fingerprint density at radius 3 is 2.22 bits per heavy atom. The van der Waals surface area contributed by atoms with E-state index in [4.69, 9.17) is 0 Å². The number of nitro groups is 1. The highest BCUT2D eigenvalue weighted by Crippen LogP contribution is 2.15. The molecule has 1 aromatic carbocycles. The maximum atomic E-state index is 10.5. The zero-order chi connectivity index (χ0) is 13.6. The number of anilines is 1. The van der Waals surface area contributed by atoms with Gasteiger partial charge in [0.15, 0.2) is 0 Å². The summed E-state index contributed by atoms with van der Waals surface area (Å²) in [6, 6.07) is 6.55. The smallest absolute Gasteiger partial charge is 0.269 e. The molecular formula is C13H22N3O2+. The first kappa shape index (κ1) is 14.4. The van der Waals surface area contributed by atoms with Crippen LogP contribution in [0.1, 0.15) is 13.8 Å². The number of nitrogens with one attached hydrogen (secondary N) is 1. The number of likely N-dealkylation sites (N-methyl/N-ethyl adjacent to an activating group) is 1. The summed E-state index contributed by atoms with van der Waals surface area (Å²) in [7, 11) is 2.23. The highest BCUT2D eigenvalue weighted by molar-refractivity contribution is 5.48. The van der Waals surface area contributed by atoms with Gasteiger partial charge in [0.2, 0.25) is 0 Å². The van der Waals surface area contributed by atoms with Gasteiger partial charge >= 0.3 is 0 Å². The van der Waals surface area contributed by atoms with Gasteiger partial charge in [-0.3, -0.25) is 10.1 Å². The molecular weight excluding hydrogens is 230 g/mol. The molecule has 1 aromatic rings. The first-order valence-corrected chi connectivity index (χ1v) is 6.32. The number of benzene rings is 1. The van der Waals surface area contributed by atoms with Crippen LogP contribution in [-0.2, 0) is 0 Å². The Bertz CT molecular complexity index is 386. The number of nitro benzene ring substituents is 1. The second kappa shape index (κ2) is 6.35. The molecule has 0 aliphatic rings. The van der Waals surface area contributed by atoms with Gasteiger partial charge in [0.1, 0.15) is 0 Å². The molecule has 0 bridgehead atoms. The molecule has 0 fully saturated rings. The molecule has 1 N–H and O–H groups in total. The fourth-order valence-corrected chi connectivity index (χ4v) is 1.71. The van der Waals surface area contributed by atoms with Crippen LogP contribution < -0.4 is 5.32 Å². The van der Waals surface area contributed by atoms with Gasteiger partial charge in [0, 0.05) is 17.8 Å². The zero-order valence-corrected chi connectivity index (χ0v) is 11.3. The van der Waals surface area contributed by atoms with Gasteiger partial charge in [0.05, 0.1) is 38.2 Å². The van der Waals surface area contributed by atoms with Crippen molar-refractivity contribution in [3.05, 3.63) is 34.4 Å². The first-order valence-electron chi connectivity index (χ1n) is 6.32. The van der Waals surface area contributed by atoms with Crippen molar-refractivity contribution >= 4 is 11.4 Å². The lowest BCUT2D eigenvalue weighted by atomic mass is 10.3. The quantitative estimate of drug-likeness (QED) is 0.461. The standard InChI is InChI=1S/C13H22N3O2/c1-4-16(3,5-2)11-10-14-12-6-8-13(9-7-12)15(17)18/h6-9,14H,4-5,10-11H2,1-3H3/q+1. The second-order valence-corrected chi connectivity index (χ2v) is 4.71. The number of hydrogen-bond donors (Lipinski definition) is 1. The summed E-state index contributed by atoms with van der Waals surface area (Å²) in [5.41, 5.74) is 1.06. The fourth-order valence-electron chi connectivity index (χ4n) is 1.71. The molecule has 0 aromatic heterocycles. The Morgan fingerprint density at radius 1 is 1.22 bits per heavy atom. The van der Waals surface area contributed by atoms with Crippen LogP contribution in [0.2, 0.25) is 0 Å². The summed E-state index contributed by atoms with van der Waals surface area (Å²) < 4.78 is 1.03. The van der Waals surface area contributed by atoms with Gasteiger partial charge in [-0.25, -0.2) is 0 Å². The molecule has 0 spiro atoms. The monoisotopic (exact) mass is 252 g/mol. The van der Waals surface area contributed by atoms with Crippen molar-refractivity contribution in [2.24, 2.45) is 0 Å². The lowest BCUT2D eigenvalue weighted by molar-refractivity contribution is -0.904. The molecule has 18 heavy (non-hydrogen) atoms. The van der Waals surface area contributed by atoms with E-state index in [1.54, 1.807) is 12.1 Å². The van der Waals surface area contributed by atoms with E-state index in [2.05, 4.69) is 26.2 Å². The molecule has 0 aliphatic carbocycles. The van der Waals surface area contributed by atoms with Crippen molar-refractivity contribution < 1.29 is 9.41 Å². The Labute approximate surface area is 108 Å². The maximum Gasteiger partial charge on any atom is 0.269 e. The minimum Gasteiger partial charge on any atom is -0.379 e.